The van der Waals surface area contributed by atoms with Crippen molar-refractivity contribution in [2.24, 2.45) is 0 Å². The van der Waals surface area contributed by atoms with Crippen molar-refractivity contribution in [1.29, 1.82) is 0 Å². The van der Waals surface area contributed by atoms with Crippen LogP contribution in [0.25, 0.3) is 5.65 Å². The first-order valence-corrected chi connectivity index (χ1v) is 12.8. The highest BCUT2D eigenvalue weighted by Gasteiger charge is 2.20. The number of amides is 2. The zero-order valence-corrected chi connectivity index (χ0v) is 22.2. The van der Waals surface area contributed by atoms with Gasteiger partial charge in [-0.2, -0.15) is 10.1 Å². The zero-order chi connectivity index (χ0) is 27.2. The summed E-state index contributed by atoms with van der Waals surface area (Å²) in [7, 11) is 0. The Bertz CT molecular complexity index is 1490. The second-order valence-corrected chi connectivity index (χ2v) is 10.1. The molecule has 0 spiro atoms. The fourth-order valence-corrected chi connectivity index (χ4v) is 3.87. The van der Waals surface area contributed by atoms with E-state index in [1.807, 2.05) is 39.1 Å². The Balaban J connectivity index is 1.17. The number of nitrogens with zero attached hydrogens (tertiary/aromatic N) is 5. The van der Waals surface area contributed by atoms with Crippen molar-refractivity contribution in [1.82, 2.24) is 24.7 Å². The molecule has 0 bridgehead atoms. The van der Waals surface area contributed by atoms with Gasteiger partial charge in [0.25, 0.3) is 0 Å². The molecule has 0 radical (unpaired) electrons. The van der Waals surface area contributed by atoms with Crippen LogP contribution < -0.4 is 15.4 Å². The molecule has 0 unspecified atom stereocenters. The number of hydrogen-bond acceptors (Lipinski definition) is 8. The molecule has 2 N–H and O–H groups in total. The van der Waals surface area contributed by atoms with Crippen LogP contribution in [0.4, 0.5) is 16.3 Å². The van der Waals surface area contributed by atoms with Crippen molar-refractivity contribution in [3.8, 4) is 17.7 Å². The van der Waals surface area contributed by atoms with E-state index in [4.69, 9.17) is 14.0 Å². The average Bonchev–Trinajstić information content (AvgIpc) is 3.56. The van der Waals surface area contributed by atoms with Crippen LogP contribution in [0.3, 0.4) is 0 Å². The Morgan fingerprint density at radius 3 is 2.64 bits per heavy atom. The number of fused-ring (bicyclic) bond motifs is 1. The van der Waals surface area contributed by atoms with E-state index in [-0.39, 0.29) is 5.41 Å². The second-order valence-electron chi connectivity index (χ2n) is 10.1. The third-order valence-corrected chi connectivity index (χ3v) is 6.08. The maximum Gasteiger partial charge on any atom is 0.324 e. The van der Waals surface area contributed by atoms with Gasteiger partial charge in [-0.3, -0.25) is 10.2 Å². The van der Waals surface area contributed by atoms with Crippen LogP contribution in [-0.4, -0.2) is 70.1 Å². The van der Waals surface area contributed by atoms with Gasteiger partial charge in [0.05, 0.1) is 25.0 Å². The van der Waals surface area contributed by atoms with Crippen LogP contribution in [-0.2, 0) is 10.2 Å². The van der Waals surface area contributed by atoms with Crippen molar-refractivity contribution < 1.29 is 18.8 Å². The van der Waals surface area contributed by atoms with Crippen LogP contribution in [0.1, 0.15) is 37.7 Å². The molecular weight excluding hydrogens is 498 g/mol. The Morgan fingerprint density at radius 2 is 1.90 bits per heavy atom. The third-order valence-electron chi connectivity index (χ3n) is 6.08. The largest absolute Gasteiger partial charge is 0.476 e. The Hall–Kier alpha value is -4.40. The smallest absolute Gasteiger partial charge is 0.324 e. The number of aromatic nitrogens is 4. The normalized spacial score (nSPS) is 14.0. The lowest BCUT2D eigenvalue weighted by Crippen LogP contribution is -2.38. The van der Waals surface area contributed by atoms with Crippen LogP contribution in [0.5, 0.6) is 5.88 Å². The highest BCUT2D eigenvalue weighted by atomic mass is 16.5. The first-order valence-electron chi connectivity index (χ1n) is 12.8. The fourth-order valence-electron chi connectivity index (χ4n) is 3.87. The van der Waals surface area contributed by atoms with E-state index >= 15 is 0 Å². The van der Waals surface area contributed by atoms with E-state index in [1.54, 1.807) is 35.0 Å². The topological polar surface area (TPSA) is 119 Å². The highest BCUT2D eigenvalue weighted by Crippen LogP contribution is 2.24. The molecule has 1 saturated heterocycles. The van der Waals surface area contributed by atoms with Crippen molar-refractivity contribution in [2.45, 2.75) is 26.2 Å². The number of carbonyl (C=O) groups excluding carboxylic acids is 1. The van der Waals surface area contributed by atoms with E-state index < -0.39 is 6.03 Å². The highest BCUT2D eigenvalue weighted by molar-refractivity contribution is 5.99. The number of urea groups is 1. The predicted molar refractivity (Wildman–Crippen MR) is 146 cm³/mol. The van der Waals surface area contributed by atoms with Gasteiger partial charge in [0, 0.05) is 54.6 Å². The molecule has 4 aromatic rings. The number of benzene rings is 1. The van der Waals surface area contributed by atoms with Gasteiger partial charge in [-0.05, 0) is 24.3 Å². The summed E-state index contributed by atoms with van der Waals surface area (Å²) in [5, 5.41) is 13.7. The van der Waals surface area contributed by atoms with Crippen molar-refractivity contribution >= 4 is 23.2 Å². The van der Waals surface area contributed by atoms with E-state index in [1.165, 1.54) is 0 Å². The number of ether oxygens (including phenoxy) is 2. The minimum absolute atomic E-state index is 0.196. The summed E-state index contributed by atoms with van der Waals surface area (Å²) in [6.45, 7) is 10.8. The Morgan fingerprint density at radius 1 is 1.10 bits per heavy atom. The van der Waals surface area contributed by atoms with Gasteiger partial charge in [-0.25, -0.2) is 9.31 Å². The summed E-state index contributed by atoms with van der Waals surface area (Å²) in [5.41, 5.74) is 2.53. The summed E-state index contributed by atoms with van der Waals surface area (Å²) in [6, 6.07) is 10.3. The van der Waals surface area contributed by atoms with Gasteiger partial charge >= 0.3 is 6.03 Å². The average molecular weight is 530 g/mol. The number of hydrogen-bond donors (Lipinski definition) is 2. The summed E-state index contributed by atoms with van der Waals surface area (Å²) in [6.07, 6.45) is 3.49. The lowest BCUT2D eigenvalue weighted by atomic mass is 9.93. The lowest BCUT2D eigenvalue weighted by molar-refractivity contribution is 0.0320. The molecule has 0 saturated carbocycles. The van der Waals surface area contributed by atoms with Gasteiger partial charge in [-0.1, -0.05) is 37.8 Å². The third kappa shape index (κ3) is 6.93. The molecule has 4 heterocycles. The molecule has 11 nitrogen and oxygen atoms in total. The van der Waals surface area contributed by atoms with Crippen LogP contribution in [0.2, 0.25) is 0 Å². The molecule has 2 amide bonds. The maximum atomic E-state index is 12.3. The maximum absolute atomic E-state index is 12.3. The minimum Gasteiger partial charge on any atom is -0.476 e. The monoisotopic (exact) mass is 529 g/mol. The summed E-state index contributed by atoms with van der Waals surface area (Å²) in [4.78, 5) is 19.2. The standard InChI is InChI=1S/C28H31N7O4/c1-28(2,3)23-18-24(33-39-23)31-27(36)30-22-8-5-20(6-9-22)4-7-21-19-29-35-11-10-25(32-26(21)35)38-17-14-34-12-15-37-16-13-34/h5-6,8-11,18-19H,12-17H2,1-3H3,(H2,30,31,33,36). The number of anilines is 2. The molecule has 39 heavy (non-hydrogen) atoms. The van der Waals surface area contributed by atoms with Crippen LogP contribution >= 0.6 is 0 Å². The van der Waals surface area contributed by atoms with Crippen molar-refractivity contribution in [3.05, 3.63) is 65.7 Å². The Kier molecular flexibility index (Phi) is 7.76. The van der Waals surface area contributed by atoms with Crippen molar-refractivity contribution in [2.75, 3.05) is 50.1 Å². The lowest BCUT2D eigenvalue weighted by Gasteiger charge is -2.26. The number of nitrogens with one attached hydrogen (secondary N) is 2. The molecule has 1 aliphatic rings. The molecule has 11 heteroatoms. The predicted octanol–water partition coefficient (Wildman–Crippen LogP) is 3.77. The Labute approximate surface area is 226 Å². The van der Waals surface area contributed by atoms with Gasteiger partial charge in [0.1, 0.15) is 12.4 Å². The van der Waals surface area contributed by atoms with Gasteiger partial charge < -0.3 is 19.3 Å². The molecule has 1 aliphatic heterocycles. The summed E-state index contributed by atoms with van der Waals surface area (Å²) < 4.78 is 18.2. The number of rotatable bonds is 6. The van der Waals surface area contributed by atoms with Gasteiger partial charge in [0.15, 0.2) is 11.5 Å². The summed E-state index contributed by atoms with van der Waals surface area (Å²) >= 11 is 0. The molecule has 202 valence electrons. The van der Waals surface area contributed by atoms with Gasteiger partial charge in [0.2, 0.25) is 5.88 Å². The van der Waals surface area contributed by atoms with Crippen LogP contribution in [0, 0.1) is 11.8 Å². The van der Waals surface area contributed by atoms with Gasteiger partial charge in [-0.15, -0.1) is 0 Å². The van der Waals surface area contributed by atoms with E-state index in [0.717, 1.165) is 38.4 Å². The van der Waals surface area contributed by atoms with E-state index in [0.29, 0.717) is 41.0 Å². The molecular formula is C28H31N7O4. The molecule has 1 fully saturated rings. The van der Waals surface area contributed by atoms with Crippen molar-refractivity contribution in [3.63, 3.8) is 0 Å². The quantitative estimate of drug-likeness (QED) is 0.363. The molecule has 3 aromatic heterocycles. The fraction of sp³-hybridized carbons (Fsp3) is 0.357. The number of carbonyl (C=O) groups is 1. The second kappa shape index (κ2) is 11.6. The first kappa shape index (κ1) is 26.2. The zero-order valence-electron chi connectivity index (χ0n) is 22.2. The molecule has 5 rings (SSSR count). The van der Waals surface area contributed by atoms with E-state index in [2.05, 4.69) is 42.6 Å². The first-order chi connectivity index (χ1) is 18.8. The molecule has 1 aromatic carbocycles. The van der Waals surface area contributed by atoms with Crippen LogP contribution in [0.15, 0.2) is 53.3 Å². The summed E-state index contributed by atoms with van der Waals surface area (Å²) in [5.74, 6) is 7.84. The minimum atomic E-state index is -0.414. The molecule has 0 atom stereocenters. The molecule has 0 aliphatic carbocycles. The van der Waals surface area contributed by atoms with E-state index in [9.17, 15) is 4.79 Å². The number of morpholine rings is 1. The SMILES string of the molecule is CC(C)(C)c1cc(NC(=O)Nc2ccc(C#Cc3cnn4ccc(OCCN5CCOCC5)nc34)cc2)no1.